The third-order valence-electron chi connectivity index (χ3n) is 8.15. The van der Waals surface area contributed by atoms with E-state index in [2.05, 4.69) is 15.1 Å². The number of pyridine rings is 1. The smallest absolute Gasteiger partial charge is 0.314 e. The van der Waals surface area contributed by atoms with E-state index < -0.39 is 63.5 Å². The van der Waals surface area contributed by atoms with Crippen LogP contribution < -0.4 is 9.46 Å². The molecule has 1 unspecified atom stereocenters. The minimum absolute atomic E-state index is 0.00649. The number of hydrogen-bond acceptors (Lipinski definition) is 8. The van der Waals surface area contributed by atoms with Crippen molar-refractivity contribution in [3.63, 3.8) is 0 Å². The van der Waals surface area contributed by atoms with Gasteiger partial charge in [-0.15, -0.1) is 0 Å². The van der Waals surface area contributed by atoms with Crippen molar-refractivity contribution in [2.45, 2.75) is 38.3 Å². The van der Waals surface area contributed by atoms with Crippen LogP contribution in [0.1, 0.15) is 52.6 Å². The van der Waals surface area contributed by atoms with E-state index >= 15 is 4.39 Å². The Labute approximate surface area is 278 Å². The number of ether oxygens (including phenoxy) is 1. The largest absolute Gasteiger partial charge is 0.494 e. The summed E-state index contributed by atoms with van der Waals surface area (Å²) in [5.41, 5.74) is 0.433. The van der Waals surface area contributed by atoms with Crippen molar-refractivity contribution in [3.8, 4) is 16.9 Å². The molecule has 0 bridgehead atoms. The van der Waals surface area contributed by atoms with Crippen LogP contribution in [0.15, 0.2) is 65.4 Å². The van der Waals surface area contributed by atoms with Crippen LogP contribution in [0.5, 0.6) is 5.75 Å². The zero-order chi connectivity index (χ0) is 34.9. The van der Waals surface area contributed by atoms with E-state index in [1.165, 1.54) is 6.20 Å². The summed E-state index contributed by atoms with van der Waals surface area (Å²) in [6.07, 6.45) is 2.19. The lowest BCUT2D eigenvalue weighted by atomic mass is 10.00. The van der Waals surface area contributed by atoms with E-state index in [0.717, 1.165) is 16.4 Å². The molecule has 0 amide bonds. The molecule has 1 aliphatic rings. The highest BCUT2D eigenvalue weighted by molar-refractivity contribution is 7.90. The van der Waals surface area contributed by atoms with Crippen LogP contribution in [0.2, 0.25) is 0 Å². The third-order valence-corrected chi connectivity index (χ3v) is 9.64. The first-order chi connectivity index (χ1) is 23.4. The Hall–Kier alpha value is -5.22. The first kappa shape index (κ1) is 33.7. The molecule has 49 heavy (non-hydrogen) atoms. The number of nitrogens with zero attached hydrogens (tertiary/aromatic N) is 3. The molecule has 4 heterocycles. The topological polar surface area (TPSA) is 168 Å². The number of aryl methyl sites for hydroxylation is 1. The molecule has 12 nitrogen and oxygen atoms in total. The Morgan fingerprint density at radius 1 is 1.16 bits per heavy atom. The lowest BCUT2D eigenvalue weighted by Gasteiger charge is -2.18. The SMILES string of the molecule is Cc1cc(C(CCCOc2ccc(-c3cnc4[nH]cc(C(=O)c5c(F)ccc(NS(=O)(=O)N6CC[C@@H](F)C6)c5F)c4c3)cc2)C(=O)O)on1. The van der Waals surface area contributed by atoms with Gasteiger partial charge in [0.1, 0.15) is 29.3 Å². The van der Waals surface area contributed by atoms with Gasteiger partial charge in [0, 0.05) is 48.1 Å². The summed E-state index contributed by atoms with van der Waals surface area (Å²) in [6.45, 7) is 1.46. The molecule has 1 fully saturated rings. The molecule has 5 aromatic rings. The molecular weight excluding hydrogens is 667 g/mol. The quantitative estimate of drug-likeness (QED) is 0.102. The van der Waals surface area contributed by atoms with Crippen LogP contribution in [0.25, 0.3) is 22.2 Å². The minimum Gasteiger partial charge on any atom is -0.494 e. The number of hydrogen-bond donors (Lipinski definition) is 3. The number of carboxylic acids is 1. The number of aromatic nitrogens is 3. The molecule has 3 aromatic heterocycles. The molecule has 0 spiro atoms. The second-order valence-electron chi connectivity index (χ2n) is 11.6. The summed E-state index contributed by atoms with van der Waals surface area (Å²) >= 11 is 0. The van der Waals surface area contributed by atoms with Crippen molar-refractivity contribution in [1.29, 1.82) is 0 Å². The number of nitrogens with one attached hydrogen (secondary N) is 2. The number of ketones is 1. The monoisotopic (exact) mass is 697 g/mol. The number of anilines is 1. The van der Waals surface area contributed by atoms with E-state index in [-0.39, 0.29) is 41.9 Å². The van der Waals surface area contributed by atoms with Gasteiger partial charge in [-0.2, -0.15) is 12.7 Å². The number of rotatable bonds is 13. The Morgan fingerprint density at radius 2 is 1.94 bits per heavy atom. The zero-order valence-corrected chi connectivity index (χ0v) is 26.8. The van der Waals surface area contributed by atoms with Gasteiger partial charge in [-0.05, 0) is 62.1 Å². The van der Waals surface area contributed by atoms with Crippen molar-refractivity contribution < 1.29 is 45.5 Å². The molecule has 16 heteroatoms. The van der Waals surface area contributed by atoms with E-state index in [0.29, 0.717) is 35.4 Å². The molecule has 0 aliphatic carbocycles. The predicted molar refractivity (Wildman–Crippen MR) is 171 cm³/mol. The van der Waals surface area contributed by atoms with Crippen molar-refractivity contribution in [2.24, 2.45) is 0 Å². The molecule has 1 saturated heterocycles. The maximum Gasteiger partial charge on any atom is 0.314 e. The molecule has 256 valence electrons. The number of aromatic amines is 1. The number of carbonyl (C=O) groups excluding carboxylic acids is 1. The summed E-state index contributed by atoms with van der Waals surface area (Å²) in [4.78, 5) is 32.4. The number of alkyl halides is 1. The number of benzene rings is 2. The first-order valence-electron chi connectivity index (χ1n) is 15.2. The van der Waals surface area contributed by atoms with Gasteiger partial charge in [-0.25, -0.2) is 18.2 Å². The molecule has 0 saturated carbocycles. The Kier molecular flexibility index (Phi) is 9.43. The second-order valence-corrected chi connectivity index (χ2v) is 13.2. The van der Waals surface area contributed by atoms with Crippen LogP contribution in [0.4, 0.5) is 18.9 Å². The molecule has 2 atom stereocenters. The van der Waals surface area contributed by atoms with Crippen molar-refractivity contribution in [2.75, 3.05) is 24.4 Å². The average molecular weight is 698 g/mol. The van der Waals surface area contributed by atoms with E-state index in [9.17, 15) is 31.9 Å². The van der Waals surface area contributed by atoms with Gasteiger partial charge in [0.2, 0.25) is 5.78 Å². The number of fused-ring (bicyclic) bond motifs is 1. The minimum atomic E-state index is -4.36. The van der Waals surface area contributed by atoms with Crippen molar-refractivity contribution in [3.05, 3.63) is 95.1 Å². The van der Waals surface area contributed by atoms with Gasteiger partial charge in [0.05, 0.1) is 23.6 Å². The molecule has 3 N–H and O–H groups in total. The van der Waals surface area contributed by atoms with Crippen molar-refractivity contribution in [1.82, 2.24) is 19.4 Å². The fourth-order valence-electron chi connectivity index (χ4n) is 5.59. The lowest BCUT2D eigenvalue weighted by Crippen LogP contribution is -2.34. The lowest BCUT2D eigenvalue weighted by molar-refractivity contribution is -0.139. The summed E-state index contributed by atoms with van der Waals surface area (Å²) in [7, 11) is -4.36. The Bertz CT molecular complexity index is 2140. The van der Waals surface area contributed by atoms with Gasteiger partial charge in [0.15, 0.2) is 11.6 Å². The summed E-state index contributed by atoms with van der Waals surface area (Å²) in [6, 6.07) is 11.8. The molecule has 1 aliphatic heterocycles. The average Bonchev–Trinajstić information content (AvgIpc) is 3.82. The van der Waals surface area contributed by atoms with Crippen LogP contribution >= 0.6 is 0 Å². The molecular formula is C33H30F3N5O7S. The number of H-pyrrole nitrogens is 1. The molecule has 2 aromatic carbocycles. The van der Waals surface area contributed by atoms with Crippen LogP contribution in [-0.4, -0.2) is 70.6 Å². The number of carboxylic acid groups (broad SMARTS) is 1. The highest BCUT2D eigenvalue weighted by Gasteiger charge is 2.33. The number of carbonyl (C=O) groups is 2. The van der Waals surface area contributed by atoms with Gasteiger partial charge in [-0.3, -0.25) is 14.3 Å². The number of aliphatic carboxylic acids is 1. The Morgan fingerprint density at radius 3 is 2.61 bits per heavy atom. The summed E-state index contributed by atoms with van der Waals surface area (Å²) in [5.74, 6) is -4.68. The first-order valence-corrected chi connectivity index (χ1v) is 16.7. The van der Waals surface area contributed by atoms with Crippen LogP contribution in [0, 0.1) is 18.6 Å². The standard InChI is InChI=1S/C33H30F3N5O7S/c1-18-13-28(48-39-18)23(33(43)44)3-2-12-47-22-6-4-19(5-7-22)20-14-24-25(16-38-32(24)37-15-20)31(42)29-26(35)8-9-27(30(29)36)40-49(45,46)41-11-10-21(34)17-41/h4-9,13-16,21,23,40H,2-3,10-12,17H2,1H3,(H,37,38)(H,43,44)/t21-,23?/m1/s1. The van der Waals surface area contributed by atoms with Gasteiger partial charge >= 0.3 is 16.2 Å². The maximum atomic E-state index is 15.6. The van der Waals surface area contributed by atoms with E-state index in [4.69, 9.17) is 9.26 Å². The highest BCUT2D eigenvalue weighted by atomic mass is 32.2. The maximum absolute atomic E-state index is 15.6. The second kappa shape index (κ2) is 13.7. The fraction of sp³-hybridized carbons (Fsp3) is 0.273. The number of halogens is 3. The summed E-state index contributed by atoms with van der Waals surface area (Å²) in [5, 5.41) is 13.6. The van der Waals surface area contributed by atoms with Gasteiger partial charge < -0.3 is 19.4 Å². The normalized spacial score (nSPS) is 15.8. The van der Waals surface area contributed by atoms with E-state index in [1.807, 2.05) is 4.72 Å². The van der Waals surface area contributed by atoms with Crippen LogP contribution in [0.3, 0.4) is 0 Å². The Balaban J connectivity index is 1.16. The zero-order valence-electron chi connectivity index (χ0n) is 26.0. The van der Waals surface area contributed by atoms with Gasteiger partial charge in [0.25, 0.3) is 0 Å². The third kappa shape index (κ3) is 7.15. The fourth-order valence-corrected chi connectivity index (χ4v) is 6.86. The van der Waals surface area contributed by atoms with Crippen molar-refractivity contribution >= 4 is 38.7 Å². The van der Waals surface area contributed by atoms with E-state index in [1.54, 1.807) is 49.5 Å². The van der Waals surface area contributed by atoms with Crippen LogP contribution in [-0.2, 0) is 15.0 Å². The predicted octanol–water partition coefficient (Wildman–Crippen LogP) is 5.76. The molecule has 6 rings (SSSR count). The highest BCUT2D eigenvalue weighted by Crippen LogP contribution is 2.31. The molecule has 0 radical (unpaired) electrons. The van der Waals surface area contributed by atoms with Gasteiger partial charge in [-0.1, -0.05) is 17.3 Å². The summed E-state index contributed by atoms with van der Waals surface area (Å²) < 4.78 is 83.2.